The molecule has 0 aliphatic carbocycles. The van der Waals surface area contributed by atoms with Crippen molar-refractivity contribution in [2.24, 2.45) is 7.05 Å². The molecule has 1 aliphatic heterocycles. The minimum atomic E-state index is -0.174. The van der Waals surface area contributed by atoms with Crippen LogP contribution in [0.25, 0.3) is 0 Å². The van der Waals surface area contributed by atoms with Gasteiger partial charge in [-0.05, 0) is 6.92 Å². The van der Waals surface area contributed by atoms with E-state index in [2.05, 4.69) is 10.3 Å². The third kappa shape index (κ3) is 2.45. The number of aryl methyl sites for hydroxylation is 1. The number of nitrogens with one attached hydrogen (secondary N) is 1. The first-order valence-corrected chi connectivity index (χ1v) is 4.61. The molecular weight excluding hydrogens is 237 g/mol. The molecule has 0 spiro atoms. The number of hydrogen-bond donors (Lipinski definition) is 1. The van der Waals surface area contributed by atoms with Crippen molar-refractivity contribution in [1.29, 1.82) is 0 Å². The fourth-order valence-electron chi connectivity index (χ4n) is 1.76. The van der Waals surface area contributed by atoms with Gasteiger partial charge >= 0.3 is 0 Å². The summed E-state index contributed by atoms with van der Waals surface area (Å²) in [6.07, 6.45) is 3.77. The lowest BCUT2D eigenvalue weighted by Crippen LogP contribution is -2.59. The van der Waals surface area contributed by atoms with E-state index in [1.54, 1.807) is 0 Å². The molecule has 0 saturated carbocycles. The van der Waals surface area contributed by atoms with E-state index >= 15 is 0 Å². The summed E-state index contributed by atoms with van der Waals surface area (Å²) in [6, 6.07) is 0. The van der Waals surface area contributed by atoms with E-state index in [1.807, 2.05) is 30.9 Å². The molecule has 1 aromatic heterocycles. The van der Waals surface area contributed by atoms with Crippen LogP contribution in [0.3, 0.4) is 0 Å². The smallest absolute Gasteiger partial charge is 0.150 e. The fourth-order valence-corrected chi connectivity index (χ4v) is 1.76. The van der Waals surface area contributed by atoms with E-state index in [-0.39, 0.29) is 30.4 Å². The Hall–Kier alpha value is -0.290. The first kappa shape index (κ1) is 14.7. The first-order valence-electron chi connectivity index (χ1n) is 4.61. The van der Waals surface area contributed by atoms with Crippen LogP contribution in [0.2, 0.25) is 0 Å². The molecule has 88 valence electrons. The molecule has 1 aromatic rings. The van der Waals surface area contributed by atoms with Crippen LogP contribution in [0.15, 0.2) is 12.4 Å². The summed E-state index contributed by atoms with van der Waals surface area (Å²) in [4.78, 5) is 4.33. The summed E-state index contributed by atoms with van der Waals surface area (Å²) in [5.74, 6) is 1.02. The summed E-state index contributed by atoms with van der Waals surface area (Å²) < 4.78 is 7.77. The Morgan fingerprint density at radius 3 is 2.53 bits per heavy atom. The molecule has 0 amide bonds. The van der Waals surface area contributed by atoms with Crippen molar-refractivity contribution in [2.45, 2.75) is 12.5 Å². The number of aromatic nitrogens is 2. The van der Waals surface area contributed by atoms with Crippen LogP contribution in [0, 0.1) is 0 Å². The Balaban J connectivity index is 0.000000980. The molecule has 2 rings (SSSR count). The second kappa shape index (κ2) is 5.70. The summed E-state index contributed by atoms with van der Waals surface area (Å²) in [6.45, 7) is 4.48. The van der Waals surface area contributed by atoms with Crippen molar-refractivity contribution in [3.05, 3.63) is 18.2 Å². The van der Waals surface area contributed by atoms with E-state index < -0.39 is 0 Å². The summed E-state index contributed by atoms with van der Waals surface area (Å²) >= 11 is 0. The largest absolute Gasteiger partial charge is 0.365 e. The highest BCUT2D eigenvalue weighted by Crippen LogP contribution is 2.27. The normalized spacial score (nSPS) is 17.2. The zero-order valence-electron chi connectivity index (χ0n) is 8.90. The number of ether oxygens (including phenoxy) is 1. The lowest BCUT2D eigenvalue weighted by Gasteiger charge is -2.41. The Morgan fingerprint density at radius 1 is 1.53 bits per heavy atom. The van der Waals surface area contributed by atoms with Gasteiger partial charge in [0.15, 0.2) is 5.60 Å². The van der Waals surface area contributed by atoms with Crippen LogP contribution in [-0.4, -0.2) is 29.2 Å². The molecule has 0 bridgehead atoms. The predicted octanol–water partition coefficient (Wildman–Crippen LogP) is 1.10. The fraction of sp³-hybridized carbons (Fsp3) is 0.667. The van der Waals surface area contributed by atoms with Crippen molar-refractivity contribution >= 4 is 24.8 Å². The molecular formula is C9H17Cl2N3O. The Bertz CT molecular complexity index is 299. The van der Waals surface area contributed by atoms with Gasteiger partial charge < -0.3 is 14.6 Å². The van der Waals surface area contributed by atoms with Gasteiger partial charge in [0.25, 0.3) is 0 Å². The van der Waals surface area contributed by atoms with E-state index in [9.17, 15) is 0 Å². The Morgan fingerprint density at radius 2 is 2.20 bits per heavy atom. The minimum absolute atomic E-state index is 0. The lowest BCUT2D eigenvalue weighted by atomic mass is 9.95. The van der Waals surface area contributed by atoms with E-state index in [4.69, 9.17) is 4.74 Å². The van der Waals surface area contributed by atoms with Gasteiger partial charge in [0.05, 0.1) is 0 Å². The number of hydrogen-bond acceptors (Lipinski definition) is 3. The molecule has 15 heavy (non-hydrogen) atoms. The molecule has 0 unspecified atom stereocenters. The van der Waals surface area contributed by atoms with Gasteiger partial charge in [0, 0.05) is 39.1 Å². The lowest BCUT2D eigenvalue weighted by molar-refractivity contribution is -0.0891. The first-order chi connectivity index (χ1) is 6.28. The van der Waals surface area contributed by atoms with E-state index in [1.165, 1.54) is 0 Å². The van der Waals surface area contributed by atoms with Crippen molar-refractivity contribution < 1.29 is 4.74 Å². The molecule has 2 heterocycles. The Labute approximate surface area is 102 Å². The van der Waals surface area contributed by atoms with Gasteiger partial charge in [-0.25, -0.2) is 4.98 Å². The van der Waals surface area contributed by atoms with Crippen LogP contribution in [0.5, 0.6) is 0 Å². The quantitative estimate of drug-likeness (QED) is 0.877. The maximum absolute atomic E-state index is 5.74. The molecule has 4 nitrogen and oxygen atoms in total. The number of rotatable bonds is 3. The zero-order chi connectivity index (χ0) is 9.31. The molecule has 0 aromatic carbocycles. The molecule has 0 radical (unpaired) electrons. The van der Waals surface area contributed by atoms with Gasteiger partial charge in [0.2, 0.25) is 0 Å². The van der Waals surface area contributed by atoms with Crippen molar-refractivity contribution in [1.82, 2.24) is 14.9 Å². The highest BCUT2D eigenvalue weighted by Gasteiger charge is 2.42. The monoisotopic (exact) mass is 253 g/mol. The second-order valence-corrected chi connectivity index (χ2v) is 3.39. The predicted molar refractivity (Wildman–Crippen MR) is 63.9 cm³/mol. The van der Waals surface area contributed by atoms with Gasteiger partial charge in [-0.3, -0.25) is 0 Å². The highest BCUT2D eigenvalue weighted by molar-refractivity contribution is 5.85. The number of imidazole rings is 1. The number of halogens is 2. The number of nitrogens with zero attached hydrogens (tertiary/aromatic N) is 2. The van der Waals surface area contributed by atoms with Crippen molar-refractivity contribution in [2.75, 3.05) is 19.7 Å². The third-order valence-electron chi connectivity index (χ3n) is 2.47. The molecule has 6 heteroatoms. The second-order valence-electron chi connectivity index (χ2n) is 3.39. The van der Waals surface area contributed by atoms with Crippen molar-refractivity contribution in [3.8, 4) is 0 Å². The van der Waals surface area contributed by atoms with Gasteiger partial charge in [-0.1, -0.05) is 0 Å². The Kier molecular flexibility index (Phi) is 5.59. The van der Waals surface area contributed by atoms with Crippen LogP contribution in [0.1, 0.15) is 12.7 Å². The topological polar surface area (TPSA) is 39.1 Å². The maximum atomic E-state index is 5.74. The van der Waals surface area contributed by atoms with Crippen LogP contribution < -0.4 is 5.32 Å². The average Bonchev–Trinajstić information content (AvgIpc) is 2.44. The van der Waals surface area contributed by atoms with Crippen LogP contribution in [0.4, 0.5) is 0 Å². The maximum Gasteiger partial charge on any atom is 0.150 e. The molecule has 1 N–H and O–H groups in total. The average molecular weight is 254 g/mol. The van der Waals surface area contributed by atoms with Crippen LogP contribution in [-0.2, 0) is 17.4 Å². The van der Waals surface area contributed by atoms with E-state index in [0.29, 0.717) is 0 Å². The van der Waals surface area contributed by atoms with Crippen molar-refractivity contribution in [3.63, 3.8) is 0 Å². The standard InChI is InChI=1S/C9H15N3O.2ClH/c1-3-13-9(6-10-7-9)8-11-4-5-12(8)2;;/h4-5,10H,3,6-7H2,1-2H3;2*1H. The zero-order valence-corrected chi connectivity index (χ0v) is 10.5. The summed E-state index contributed by atoms with van der Waals surface area (Å²) in [7, 11) is 2.00. The SMILES string of the molecule is CCOC1(c2nccn2C)CNC1.Cl.Cl. The minimum Gasteiger partial charge on any atom is -0.365 e. The molecule has 1 aliphatic rings. The summed E-state index contributed by atoms with van der Waals surface area (Å²) in [5, 5.41) is 3.22. The summed E-state index contributed by atoms with van der Waals surface area (Å²) in [5.41, 5.74) is -0.174. The van der Waals surface area contributed by atoms with Gasteiger partial charge in [0.1, 0.15) is 5.82 Å². The van der Waals surface area contributed by atoms with Crippen LogP contribution >= 0.6 is 24.8 Å². The highest BCUT2D eigenvalue weighted by atomic mass is 35.5. The van der Waals surface area contributed by atoms with Gasteiger partial charge in [-0.15, -0.1) is 24.8 Å². The molecule has 1 fully saturated rings. The third-order valence-corrected chi connectivity index (χ3v) is 2.47. The van der Waals surface area contributed by atoms with Gasteiger partial charge in [-0.2, -0.15) is 0 Å². The molecule has 0 atom stereocenters. The van der Waals surface area contributed by atoms with E-state index in [0.717, 1.165) is 25.5 Å². The molecule has 1 saturated heterocycles.